The largest absolute Gasteiger partial charge is 0.491 e. The van der Waals surface area contributed by atoms with E-state index >= 15 is 0 Å². The van der Waals surface area contributed by atoms with Crippen LogP contribution in [-0.2, 0) is 16.6 Å². The first-order valence-corrected chi connectivity index (χ1v) is 8.18. The lowest BCUT2D eigenvalue weighted by molar-refractivity contribution is 0.242. The normalized spacial score (nSPS) is 11.8. The summed E-state index contributed by atoms with van der Waals surface area (Å²) in [5.41, 5.74) is 0. The third-order valence-corrected chi connectivity index (χ3v) is 4.20. The average molecular weight is 309 g/mol. The Kier molecular flexibility index (Phi) is 4.98. The third kappa shape index (κ3) is 4.57. The maximum absolute atomic E-state index is 12.1. The van der Waals surface area contributed by atoms with E-state index in [9.17, 15) is 8.42 Å². The van der Waals surface area contributed by atoms with Gasteiger partial charge in [-0.25, -0.2) is 18.1 Å². The SMILES string of the molecule is CC(C)Oc1ccc(S(=O)(=O)NCCn2ccnc2)cc1. The molecule has 0 fully saturated rings. The van der Waals surface area contributed by atoms with E-state index in [1.807, 2.05) is 18.4 Å². The first-order chi connectivity index (χ1) is 9.97. The van der Waals surface area contributed by atoms with E-state index in [0.29, 0.717) is 18.8 Å². The van der Waals surface area contributed by atoms with Gasteiger partial charge in [-0.3, -0.25) is 0 Å². The molecular weight excluding hydrogens is 290 g/mol. The molecule has 1 aromatic heterocycles. The second-order valence-corrected chi connectivity index (χ2v) is 6.60. The number of sulfonamides is 1. The summed E-state index contributed by atoms with van der Waals surface area (Å²) in [5, 5.41) is 0. The Morgan fingerprint density at radius 1 is 1.29 bits per heavy atom. The Morgan fingerprint density at radius 3 is 2.57 bits per heavy atom. The van der Waals surface area contributed by atoms with Gasteiger partial charge < -0.3 is 9.30 Å². The number of hydrogen-bond donors (Lipinski definition) is 1. The van der Waals surface area contributed by atoms with Gasteiger partial charge in [-0.1, -0.05) is 0 Å². The molecule has 0 saturated carbocycles. The molecule has 0 unspecified atom stereocenters. The summed E-state index contributed by atoms with van der Waals surface area (Å²) < 4.78 is 34.1. The van der Waals surface area contributed by atoms with Gasteiger partial charge in [-0.05, 0) is 38.1 Å². The van der Waals surface area contributed by atoms with Crippen molar-refractivity contribution in [2.45, 2.75) is 31.4 Å². The van der Waals surface area contributed by atoms with Gasteiger partial charge in [0.2, 0.25) is 10.0 Å². The quantitative estimate of drug-likeness (QED) is 0.844. The maximum Gasteiger partial charge on any atom is 0.240 e. The van der Waals surface area contributed by atoms with Crippen LogP contribution in [0.2, 0.25) is 0 Å². The number of hydrogen-bond acceptors (Lipinski definition) is 4. The zero-order valence-electron chi connectivity index (χ0n) is 12.1. The van der Waals surface area contributed by atoms with Crippen LogP contribution in [0.4, 0.5) is 0 Å². The molecule has 0 aliphatic carbocycles. The highest BCUT2D eigenvalue weighted by Crippen LogP contribution is 2.16. The van der Waals surface area contributed by atoms with Crippen LogP contribution in [-0.4, -0.2) is 30.6 Å². The van der Waals surface area contributed by atoms with Crippen LogP contribution < -0.4 is 9.46 Å². The van der Waals surface area contributed by atoms with Crippen LogP contribution in [0, 0.1) is 0 Å². The highest BCUT2D eigenvalue weighted by Gasteiger charge is 2.13. The smallest absolute Gasteiger partial charge is 0.240 e. The summed E-state index contributed by atoms with van der Waals surface area (Å²) in [7, 11) is -3.50. The number of nitrogens with one attached hydrogen (secondary N) is 1. The summed E-state index contributed by atoms with van der Waals surface area (Å²) in [6.45, 7) is 4.68. The first kappa shape index (κ1) is 15.5. The van der Waals surface area contributed by atoms with Crippen molar-refractivity contribution in [1.82, 2.24) is 14.3 Å². The fourth-order valence-corrected chi connectivity index (χ4v) is 2.80. The summed E-state index contributed by atoms with van der Waals surface area (Å²) in [4.78, 5) is 4.13. The van der Waals surface area contributed by atoms with Gasteiger partial charge in [0, 0.05) is 25.5 Å². The fourth-order valence-electron chi connectivity index (χ4n) is 1.78. The van der Waals surface area contributed by atoms with Gasteiger partial charge in [-0.15, -0.1) is 0 Å². The van der Waals surface area contributed by atoms with E-state index in [1.54, 1.807) is 30.9 Å². The van der Waals surface area contributed by atoms with Gasteiger partial charge >= 0.3 is 0 Å². The predicted molar refractivity (Wildman–Crippen MR) is 79.6 cm³/mol. The van der Waals surface area contributed by atoms with Crippen molar-refractivity contribution in [2.24, 2.45) is 0 Å². The minimum Gasteiger partial charge on any atom is -0.491 e. The molecule has 0 aliphatic heterocycles. The van der Waals surface area contributed by atoms with Crippen LogP contribution in [0.1, 0.15) is 13.8 Å². The molecule has 7 heteroatoms. The molecule has 0 spiro atoms. The Bertz CT molecular complexity index is 649. The summed E-state index contributed by atoms with van der Waals surface area (Å²) >= 11 is 0. The zero-order valence-corrected chi connectivity index (χ0v) is 12.9. The molecule has 0 radical (unpaired) electrons. The molecule has 0 amide bonds. The van der Waals surface area contributed by atoms with E-state index < -0.39 is 10.0 Å². The summed E-state index contributed by atoms with van der Waals surface area (Å²) in [5.74, 6) is 0.655. The van der Waals surface area contributed by atoms with Crippen LogP contribution in [0.3, 0.4) is 0 Å². The lowest BCUT2D eigenvalue weighted by Crippen LogP contribution is -2.27. The number of aromatic nitrogens is 2. The summed E-state index contributed by atoms with van der Waals surface area (Å²) in [6.07, 6.45) is 5.14. The van der Waals surface area contributed by atoms with Gasteiger partial charge in [0.1, 0.15) is 5.75 Å². The Balaban J connectivity index is 1.95. The van der Waals surface area contributed by atoms with Crippen molar-refractivity contribution in [3.05, 3.63) is 43.0 Å². The van der Waals surface area contributed by atoms with Gasteiger partial charge in [0.05, 0.1) is 17.3 Å². The van der Waals surface area contributed by atoms with Crippen LogP contribution in [0.5, 0.6) is 5.75 Å². The second-order valence-electron chi connectivity index (χ2n) is 4.84. The van der Waals surface area contributed by atoms with E-state index in [0.717, 1.165) is 0 Å². The van der Waals surface area contributed by atoms with Crippen LogP contribution in [0.25, 0.3) is 0 Å². The minimum atomic E-state index is -3.50. The molecule has 2 rings (SSSR count). The maximum atomic E-state index is 12.1. The monoisotopic (exact) mass is 309 g/mol. The molecule has 0 saturated heterocycles. The fraction of sp³-hybridized carbons (Fsp3) is 0.357. The molecule has 1 aromatic carbocycles. The van der Waals surface area contributed by atoms with E-state index in [1.165, 1.54) is 12.1 Å². The van der Waals surface area contributed by atoms with E-state index in [-0.39, 0.29) is 11.0 Å². The molecule has 21 heavy (non-hydrogen) atoms. The standard InChI is InChI=1S/C14H19N3O3S/c1-12(2)20-13-3-5-14(6-4-13)21(18,19)16-8-10-17-9-7-15-11-17/h3-7,9,11-12,16H,8,10H2,1-2H3. The number of imidazole rings is 1. The summed E-state index contributed by atoms with van der Waals surface area (Å²) in [6, 6.07) is 6.39. The molecule has 114 valence electrons. The van der Waals surface area contributed by atoms with Crippen molar-refractivity contribution in [3.8, 4) is 5.75 Å². The molecule has 0 aliphatic rings. The van der Waals surface area contributed by atoms with Crippen molar-refractivity contribution in [1.29, 1.82) is 0 Å². The minimum absolute atomic E-state index is 0.0563. The van der Waals surface area contributed by atoms with Gasteiger partial charge in [0.15, 0.2) is 0 Å². The average Bonchev–Trinajstić information content (AvgIpc) is 2.91. The second kappa shape index (κ2) is 6.73. The van der Waals surface area contributed by atoms with Crippen molar-refractivity contribution in [3.63, 3.8) is 0 Å². The zero-order chi connectivity index (χ0) is 15.3. The topological polar surface area (TPSA) is 73.2 Å². The Hall–Kier alpha value is -1.86. The van der Waals surface area contributed by atoms with Crippen LogP contribution >= 0.6 is 0 Å². The molecule has 2 aromatic rings. The molecule has 1 heterocycles. The Morgan fingerprint density at radius 2 is 2.00 bits per heavy atom. The first-order valence-electron chi connectivity index (χ1n) is 6.69. The molecule has 1 N–H and O–H groups in total. The van der Waals surface area contributed by atoms with E-state index in [4.69, 9.17) is 4.74 Å². The molecule has 0 bridgehead atoms. The number of nitrogens with zero attached hydrogens (tertiary/aromatic N) is 2. The lowest BCUT2D eigenvalue weighted by atomic mass is 10.3. The van der Waals surface area contributed by atoms with Crippen LogP contribution in [0.15, 0.2) is 47.9 Å². The third-order valence-electron chi connectivity index (χ3n) is 2.73. The number of rotatable bonds is 7. The predicted octanol–water partition coefficient (Wildman–Crippen LogP) is 1.65. The molecular formula is C14H19N3O3S. The van der Waals surface area contributed by atoms with Gasteiger partial charge in [-0.2, -0.15) is 0 Å². The van der Waals surface area contributed by atoms with Crippen molar-refractivity contribution >= 4 is 10.0 Å². The highest BCUT2D eigenvalue weighted by atomic mass is 32.2. The van der Waals surface area contributed by atoms with Crippen molar-refractivity contribution < 1.29 is 13.2 Å². The number of ether oxygens (including phenoxy) is 1. The number of benzene rings is 1. The van der Waals surface area contributed by atoms with Gasteiger partial charge in [0.25, 0.3) is 0 Å². The highest BCUT2D eigenvalue weighted by molar-refractivity contribution is 7.89. The van der Waals surface area contributed by atoms with Crippen molar-refractivity contribution in [2.75, 3.05) is 6.54 Å². The Labute approximate surface area is 124 Å². The molecule has 0 atom stereocenters. The lowest BCUT2D eigenvalue weighted by Gasteiger charge is -2.11. The molecule has 6 nitrogen and oxygen atoms in total. The van der Waals surface area contributed by atoms with E-state index in [2.05, 4.69) is 9.71 Å².